The summed E-state index contributed by atoms with van der Waals surface area (Å²) >= 11 is 9.35. The molecule has 4 nitrogen and oxygen atoms in total. The van der Waals surface area contributed by atoms with Gasteiger partial charge >= 0.3 is 0 Å². The van der Waals surface area contributed by atoms with Gasteiger partial charge in [-0.2, -0.15) is 0 Å². The van der Waals surface area contributed by atoms with Crippen LogP contribution in [0.2, 0.25) is 5.02 Å². The smallest absolute Gasteiger partial charge is 0.233 e. The molecule has 2 aromatic carbocycles. The number of nitrogens with zero attached hydrogens (tertiary/aromatic N) is 3. The van der Waals surface area contributed by atoms with Gasteiger partial charge in [0.25, 0.3) is 0 Å². The van der Waals surface area contributed by atoms with E-state index in [1.54, 1.807) is 23.5 Å². The highest BCUT2D eigenvalue weighted by Gasteiger charge is 2.22. The fraction of sp³-hybridized carbons (Fsp3) is 0.300. The maximum Gasteiger partial charge on any atom is 0.233 e. The molecule has 1 amide bonds. The summed E-state index contributed by atoms with van der Waals surface area (Å²) in [5.41, 5.74) is 3.41. The Bertz CT molecular complexity index is 866. The summed E-state index contributed by atoms with van der Waals surface area (Å²) in [7, 11) is 0. The van der Waals surface area contributed by atoms with Crippen molar-refractivity contribution in [3.63, 3.8) is 0 Å². The van der Waals surface area contributed by atoms with Crippen LogP contribution in [0.3, 0.4) is 0 Å². The van der Waals surface area contributed by atoms with E-state index < -0.39 is 0 Å². The fourth-order valence-electron chi connectivity index (χ4n) is 3.19. The Morgan fingerprint density at radius 1 is 1.11 bits per heavy atom. The highest BCUT2D eigenvalue weighted by Crippen LogP contribution is 2.34. The SMILES string of the molecule is O=C(CSC1=Nc2ccccc2CS1)N1CCN(c2cccc(Cl)c2)CC1. The second-order valence-electron chi connectivity index (χ2n) is 6.43. The van der Waals surface area contributed by atoms with Crippen LogP contribution in [-0.2, 0) is 10.5 Å². The maximum absolute atomic E-state index is 12.6. The van der Waals surface area contributed by atoms with Crippen molar-refractivity contribution in [3.05, 3.63) is 59.1 Å². The molecule has 0 bridgehead atoms. The molecule has 0 unspecified atom stereocenters. The van der Waals surface area contributed by atoms with E-state index in [9.17, 15) is 4.79 Å². The Balaban J connectivity index is 1.28. The molecule has 7 heteroatoms. The number of fused-ring (bicyclic) bond motifs is 1. The predicted octanol–water partition coefficient (Wildman–Crippen LogP) is 4.66. The van der Waals surface area contributed by atoms with Crippen LogP contribution >= 0.6 is 35.1 Å². The molecule has 4 rings (SSSR count). The van der Waals surface area contributed by atoms with Crippen molar-refractivity contribution >= 4 is 56.8 Å². The Morgan fingerprint density at radius 3 is 2.74 bits per heavy atom. The molecule has 2 aliphatic rings. The Kier molecular flexibility index (Phi) is 5.95. The van der Waals surface area contributed by atoms with Crippen LogP contribution in [0.15, 0.2) is 53.5 Å². The zero-order valence-electron chi connectivity index (χ0n) is 14.8. The molecule has 1 saturated heterocycles. The third kappa shape index (κ3) is 4.62. The minimum Gasteiger partial charge on any atom is -0.368 e. The highest BCUT2D eigenvalue weighted by atomic mass is 35.5. The molecule has 2 aromatic rings. The van der Waals surface area contributed by atoms with Crippen LogP contribution < -0.4 is 4.90 Å². The summed E-state index contributed by atoms with van der Waals surface area (Å²) in [4.78, 5) is 21.5. The normalized spacial score (nSPS) is 16.7. The van der Waals surface area contributed by atoms with Gasteiger partial charge in [-0.15, -0.1) is 0 Å². The Morgan fingerprint density at radius 2 is 1.93 bits per heavy atom. The van der Waals surface area contributed by atoms with Gasteiger partial charge in [-0.05, 0) is 29.8 Å². The molecular formula is C20H20ClN3OS2. The van der Waals surface area contributed by atoms with E-state index in [1.165, 1.54) is 5.56 Å². The van der Waals surface area contributed by atoms with Gasteiger partial charge in [0.2, 0.25) is 5.91 Å². The van der Waals surface area contributed by atoms with E-state index in [4.69, 9.17) is 11.6 Å². The lowest BCUT2D eigenvalue weighted by atomic mass is 10.2. The molecule has 0 spiro atoms. The minimum absolute atomic E-state index is 0.188. The number of thioether (sulfide) groups is 2. The lowest BCUT2D eigenvalue weighted by Crippen LogP contribution is -2.49. The van der Waals surface area contributed by atoms with Gasteiger partial charge in [0, 0.05) is 42.6 Å². The first-order valence-corrected chi connectivity index (χ1v) is 11.2. The predicted molar refractivity (Wildman–Crippen MR) is 118 cm³/mol. The van der Waals surface area contributed by atoms with Gasteiger partial charge in [-0.25, -0.2) is 4.99 Å². The van der Waals surface area contributed by atoms with Crippen LogP contribution in [0.25, 0.3) is 0 Å². The minimum atomic E-state index is 0.188. The molecule has 1 fully saturated rings. The van der Waals surface area contributed by atoms with Crippen molar-refractivity contribution in [2.75, 3.05) is 36.8 Å². The van der Waals surface area contributed by atoms with E-state index in [-0.39, 0.29) is 5.91 Å². The number of carbonyl (C=O) groups excluding carboxylic acids is 1. The molecule has 140 valence electrons. The second-order valence-corrected chi connectivity index (χ2v) is 9.05. The second kappa shape index (κ2) is 8.59. The van der Waals surface area contributed by atoms with E-state index in [2.05, 4.69) is 22.0 Å². The van der Waals surface area contributed by atoms with Crippen LogP contribution in [-0.4, -0.2) is 47.1 Å². The van der Waals surface area contributed by atoms with Crippen LogP contribution in [0.5, 0.6) is 0 Å². The third-order valence-corrected chi connectivity index (χ3v) is 7.14. The van der Waals surface area contributed by atoms with E-state index in [0.717, 1.165) is 52.7 Å². The number of halogens is 1. The van der Waals surface area contributed by atoms with Gasteiger partial charge in [-0.3, -0.25) is 4.79 Å². The number of anilines is 1. The average molecular weight is 418 g/mol. The van der Waals surface area contributed by atoms with Crippen molar-refractivity contribution in [3.8, 4) is 0 Å². The van der Waals surface area contributed by atoms with Gasteiger partial charge < -0.3 is 9.80 Å². The summed E-state index contributed by atoms with van der Waals surface area (Å²) < 4.78 is 0.986. The number of hydrogen-bond donors (Lipinski definition) is 0. The summed E-state index contributed by atoms with van der Waals surface area (Å²) in [6.07, 6.45) is 0. The first-order valence-electron chi connectivity index (χ1n) is 8.89. The molecule has 0 radical (unpaired) electrons. The Hall–Kier alpha value is -1.63. The standard InChI is InChI=1S/C20H20ClN3OS2/c21-16-5-3-6-17(12-16)23-8-10-24(11-9-23)19(25)14-27-20-22-18-7-2-1-4-15(18)13-26-20/h1-7,12H,8-11,13-14H2. The Labute approximate surface area is 173 Å². The summed E-state index contributed by atoms with van der Waals surface area (Å²) in [5, 5.41) is 0.745. The van der Waals surface area contributed by atoms with Gasteiger partial charge in [-0.1, -0.05) is 59.4 Å². The topological polar surface area (TPSA) is 35.9 Å². The number of rotatable bonds is 3. The maximum atomic E-state index is 12.6. The van der Waals surface area contributed by atoms with Gasteiger partial charge in [0.15, 0.2) is 0 Å². The molecule has 0 aromatic heterocycles. The van der Waals surface area contributed by atoms with Gasteiger partial charge in [0.1, 0.15) is 4.38 Å². The van der Waals surface area contributed by atoms with Crippen molar-refractivity contribution in [2.45, 2.75) is 5.75 Å². The van der Waals surface area contributed by atoms with Gasteiger partial charge in [0.05, 0.1) is 11.4 Å². The van der Waals surface area contributed by atoms with Crippen LogP contribution in [0, 0.1) is 0 Å². The summed E-state index contributed by atoms with van der Waals surface area (Å²) in [6.45, 7) is 3.16. The molecule has 0 saturated carbocycles. The third-order valence-electron chi connectivity index (χ3n) is 4.68. The van der Waals surface area contributed by atoms with Crippen LogP contribution in [0.4, 0.5) is 11.4 Å². The first kappa shape index (κ1) is 18.7. The zero-order chi connectivity index (χ0) is 18.6. The number of amides is 1. The molecule has 0 atom stereocenters. The van der Waals surface area contributed by atoms with Crippen molar-refractivity contribution in [2.24, 2.45) is 4.99 Å². The molecule has 0 aliphatic carbocycles. The molecule has 27 heavy (non-hydrogen) atoms. The summed E-state index contributed by atoms with van der Waals surface area (Å²) in [6, 6.07) is 16.1. The number of hydrogen-bond acceptors (Lipinski definition) is 5. The fourth-order valence-corrected chi connectivity index (χ4v) is 5.34. The van der Waals surface area contributed by atoms with Crippen molar-refractivity contribution in [1.29, 1.82) is 0 Å². The van der Waals surface area contributed by atoms with Crippen molar-refractivity contribution < 1.29 is 4.79 Å². The number of carbonyl (C=O) groups is 1. The monoisotopic (exact) mass is 417 g/mol. The quantitative estimate of drug-likeness (QED) is 0.727. The largest absolute Gasteiger partial charge is 0.368 e. The highest BCUT2D eigenvalue weighted by molar-refractivity contribution is 8.38. The van der Waals surface area contributed by atoms with E-state index in [0.29, 0.717) is 5.75 Å². The average Bonchev–Trinajstić information content (AvgIpc) is 2.72. The molecule has 2 aliphatic heterocycles. The first-order chi connectivity index (χ1) is 13.2. The van der Waals surface area contributed by atoms with E-state index >= 15 is 0 Å². The van der Waals surface area contributed by atoms with Crippen LogP contribution in [0.1, 0.15) is 5.56 Å². The number of para-hydroxylation sites is 1. The molecule has 0 N–H and O–H groups in total. The zero-order valence-corrected chi connectivity index (χ0v) is 17.2. The number of benzene rings is 2. The lowest BCUT2D eigenvalue weighted by molar-refractivity contribution is -0.128. The van der Waals surface area contributed by atoms with Crippen molar-refractivity contribution in [1.82, 2.24) is 4.90 Å². The number of piperazine rings is 1. The lowest BCUT2D eigenvalue weighted by Gasteiger charge is -2.36. The summed E-state index contributed by atoms with van der Waals surface area (Å²) in [5.74, 6) is 1.56. The molecular weight excluding hydrogens is 398 g/mol. The molecule has 2 heterocycles. The van der Waals surface area contributed by atoms with E-state index in [1.807, 2.05) is 41.3 Å². The number of aliphatic imine (C=N–C) groups is 1.